The van der Waals surface area contributed by atoms with Crippen molar-refractivity contribution in [1.82, 2.24) is 10.2 Å². The Hall–Kier alpha value is -2.90. The Morgan fingerprint density at radius 3 is 2.75 bits per heavy atom. The van der Waals surface area contributed by atoms with Gasteiger partial charge in [-0.1, -0.05) is 38.0 Å². The molecule has 150 valence electrons. The Morgan fingerprint density at radius 1 is 1.29 bits per heavy atom. The first-order chi connectivity index (χ1) is 13.3. The van der Waals surface area contributed by atoms with Crippen LogP contribution in [0, 0.1) is 12.8 Å². The van der Waals surface area contributed by atoms with E-state index in [4.69, 9.17) is 4.74 Å². The van der Waals surface area contributed by atoms with E-state index in [0.29, 0.717) is 12.1 Å². The Kier molecular flexibility index (Phi) is 5.67. The Bertz CT molecular complexity index is 809. The fraction of sp³-hybridized carbons (Fsp3) is 0.500. The molecule has 2 N–H and O–H groups in total. The second kappa shape index (κ2) is 8.00. The van der Waals surface area contributed by atoms with Crippen LogP contribution in [0.5, 0.6) is 0 Å². The molecule has 0 aromatic heterocycles. The Balaban J connectivity index is 1.53. The van der Waals surface area contributed by atoms with E-state index < -0.39 is 36.6 Å². The quantitative estimate of drug-likeness (QED) is 0.594. The van der Waals surface area contributed by atoms with Crippen LogP contribution >= 0.6 is 0 Å². The van der Waals surface area contributed by atoms with Gasteiger partial charge >= 0.3 is 12.0 Å². The SMILES string of the molecule is Cc1ccccc1NC(=O)COC(=O)CN1C(=O)N[C@]2(CCCC[C@H]2C)C1=O. The molecule has 2 aliphatic rings. The van der Waals surface area contributed by atoms with Crippen LogP contribution < -0.4 is 10.6 Å². The molecule has 8 heteroatoms. The van der Waals surface area contributed by atoms with Crippen LogP contribution in [0.15, 0.2) is 24.3 Å². The molecule has 1 spiro atoms. The molecule has 1 aromatic carbocycles. The van der Waals surface area contributed by atoms with Gasteiger partial charge in [-0.05, 0) is 37.3 Å². The van der Waals surface area contributed by atoms with Crippen LogP contribution in [0.1, 0.15) is 38.2 Å². The van der Waals surface area contributed by atoms with E-state index >= 15 is 0 Å². The van der Waals surface area contributed by atoms with Crippen LogP contribution in [-0.2, 0) is 19.1 Å². The number of ether oxygens (including phenoxy) is 1. The minimum atomic E-state index is -0.919. The number of amides is 4. The Labute approximate surface area is 163 Å². The molecule has 1 aromatic rings. The zero-order valence-electron chi connectivity index (χ0n) is 16.1. The summed E-state index contributed by atoms with van der Waals surface area (Å²) >= 11 is 0. The van der Waals surface area contributed by atoms with Crippen molar-refractivity contribution in [3.05, 3.63) is 29.8 Å². The van der Waals surface area contributed by atoms with E-state index in [2.05, 4.69) is 10.6 Å². The summed E-state index contributed by atoms with van der Waals surface area (Å²) in [4.78, 5) is 50.0. The average molecular weight is 387 g/mol. The summed E-state index contributed by atoms with van der Waals surface area (Å²) in [6.45, 7) is 2.80. The fourth-order valence-corrected chi connectivity index (χ4v) is 3.86. The number of urea groups is 1. The van der Waals surface area contributed by atoms with Gasteiger partial charge < -0.3 is 15.4 Å². The maximum absolute atomic E-state index is 12.8. The van der Waals surface area contributed by atoms with Gasteiger partial charge in [-0.15, -0.1) is 0 Å². The molecule has 8 nitrogen and oxygen atoms in total. The van der Waals surface area contributed by atoms with Gasteiger partial charge in [0.15, 0.2) is 6.61 Å². The summed E-state index contributed by atoms with van der Waals surface area (Å²) in [5.41, 5.74) is 0.594. The smallest absolute Gasteiger partial charge is 0.326 e. The third-order valence-corrected chi connectivity index (χ3v) is 5.57. The molecule has 0 radical (unpaired) electrons. The van der Waals surface area contributed by atoms with E-state index in [1.807, 2.05) is 26.0 Å². The molecule has 1 saturated carbocycles. The van der Waals surface area contributed by atoms with Gasteiger partial charge in [0.05, 0.1) is 0 Å². The number of benzene rings is 1. The summed E-state index contributed by atoms with van der Waals surface area (Å²) in [6, 6.07) is 6.64. The van der Waals surface area contributed by atoms with Gasteiger partial charge in [0.25, 0.3) is 11.8 Å². The summed E-state index contributed by atoms with van der Waals surface area (Å²) in [5.74, 6) is -1.66. The predicted octanol–water partition coefficient (Wildman–Crippen LogP) is 1.98. The number of carbonyl (C=O) groups is 4. The van der Waals surface area contributed by atoms with Gasteiger partial charge in [0.1, 0.15) is 12.1 Å². The summed E-state index contributed by atoms with van der Waals surface area (Å²) < 4.78 is 4.95. The van der Waals surface area contributed by atoms with Crippen LogP contribution in [0.2, 0.25) is 0 Å². The molecular weight excluding hydrogens is 362 g/mol. The fourth-order valence-electron chi connectivity index (χ4n) is 3.86. The molecule has 1 saturated heterocycles. The second-order valence-electron chi connectivity index (χ2n) is 7.46. The number of carbonyl (C=O) groups excluding carboxylic acids is 4. The van der Waals surface area contributed by atoms with Crippen molar-refractivity contribution in [2.24, 2.45) is 5.92 Å². The van der Waals surface area contributed by atoms with E-state index in [1.54, 1.807) is 12.1 Å². The lowest BCUT2D eigenvalue weighted by Crippen LogP contribution is -2.54. The van der Waals surface area contributed by atoms with Crippen molar-refractivity contribution in [3.8, 4) is 0 Å². The zero-order valence-corrected chi connectivity index (χ0v) is 16.1. The molecule has 1 aliphatic carbocycles. The summed E-state index contributed by atoms with van der Waals surface area (Å²) in [7, 11) is 0. The summed E-state index contributed by atoms with van der Waals surface area (Å²) in [5, 5.41) is 5.43. The summed E-state index contributed by atoms with van der Waals surface area (Å²) in [6.07, 6.45) is 3.30. The number of hydrogen-bond acceptors (Lipinski definition) is 5. The zero-order chi connectivity index (χ0) is 20.3. The lowest BCUT2D eigenvalue weighted by molar-refractivity contribution is -0.150. The topological polar surface area (TPSA) is 105 Å². The number of para-hydroxylation sites is 1. The highest BCUT2D eigenvalue weighted by Crippen LogP contribution is 2.38. The number of nitrogens with zero attached hydrogens (tertiary/aromatic N) is 1. The molecule has 2 atom stereocenters. The largest absolute Gasteiger partial charge is 0.454 e. The first-order valence-corrected chi connectivity index (χ1v) is 9.49. The van der Waals surface area contributed by atoms with Gasteiger partial charge in [-0.3, -0.25) is 19.3 Å². The molecular formula is C20H25N3O5. The van der Waals surface area contributed by atoms with Crippen molar-refractivity contribution in [2.45, 2.75) is 45.1 Å². The standard InChI is InChI=1S/C20H25N3O5/c1-13-7-3-4-9-15(13)21-16(24)12-28-17(25)11-23-18(26)20(22-19(23)27)10-6-5-8-14(20)2/h3-4,7,9,14H,5-6,8,10-12H2,1-2H3,(H,21,24)(H,22,27)/t14-,20+/m1/s1. The molecule has 0 bridgehead atoms. The van der Waals surface area contributed by atoms with Crippen molar-refractivity contribution in [3.63, 3.8) is 0 Å². The number of aryl methyl sites for hydroxylation is 1. The molecule has 0 unspecified atom stereocenters. The highest BCUT2D eigenvalue weighted by molar-refractivity contribution is 6.09. The first kappa shape index (κ1) is 19.9. The van der Waals surface area contributed by atoms with Crippen molar-refractivity contribution in [1.29, 1.82) is 0 Å². The highest BCUT2D eigenvalue weighted by atomic mass is 16.5. The van der Waals surface area contributed by atoms with Crippen LogP contribution in [0.3, 0.4) is 0 Å². The van der Waals surface area contributed by atoms with Crippen LogP contribution in [0.4, 0.5) is 10.5 Å². The monoisotopic (exact) mass is 387 g/mol. The van der Waals surface area contributed by atoms with Crippen LogP contribution in [0.25, 0.3) is 0 Å². The third-order valence-electron chi connectivity index (χ3n) is 5.57. The average Bonchev–Trinajstić information content (AvgIpc) is 2.89. The maximum atomic E-state index is 12.8. The maximum Gasteiger partial charge on any atom is 0.326 e. The minimum absolute atomic E-state index is 0.0126. The number of anilines is 1. The van der Waals surface area contributed by atoms with Gasteiger partial charge in [-0.25, -0.2) is 4.79 Å². The lowest BCUT2D eigenvalue weighted by Gasteiger charge is -2.36. The molecule has 28 heavy (non-hydrogen) atoms. The molecule has 1 aliphatic heterocycles. The second-order valence-corrected chi connectivity index (χ2v) is 7.46. The first-order valence-electron chi connectivity index (χ1n) is 9.49. The van der Waals surface area contributed by atoms with E-state index in [-0.39, 0.29) is 11.8 Å². The van der Waals surface area contributed by atoms with Crippen LogP contribution in [-0.4, -0.2) is 47.4 Å². The van der Waals surface area contributed by atoms with Gasteiger partial charge in [-0.2, -0.15) is 0 Å². The molecule has 1 heterocycles. The number of rotatable bonds is 5. The molecule has 3 rings (SSSR count). The molecule has 2 fully saturated rings. The Morgan fingerprint density at radius 2 is 2.04 bits per heavy atom. The minimum Gasteiger partial charge on any atom is -0.454 e. The van der Waals surface area contributed by atoms with Crippen molar-refractivity contribution >= 4 is 29.5 Å². The molecule has 4 amide bonds. The highest BCUT2D eigenvalue weighted by Gasteiger charge is 2.55. The lowest BCUT2D eigenvalue weighted by atomic mass is 9.73. The van der Waals surface area contributed by atoms with E-state index in [9.17, 15) is 19.2 Å². The van der Waals surface area contributed by atoms with E-state index in [1.165, 1.54) is 0 Å². The number of imide groups is 1. The van der Waals surface area contributed by atoms with Gasteiger partial charge in [0, 0.05) is 5.69 Å². The van der Waals surface area contributed by atoms with E-state index in [0.717, 1.165) is 29.7 Å². The van der Waals surface area contributed by atoms with Crippen molar-refractivity contribution < 1.29 is 23.9 Å². The number of nitrogens with one attached hydrogen (secondary N) is 2. The normalized spacial score (nSPS) is 24.2. The number of esters is 1. The third kappa shape index (κ3) is 3.85. The van der Waals surface area contributed by atoms with Gasteiger partial charge in [0.2, 0.25) is 0 Å². The van der Waals surface area contributed by atoms with Crippen molar-refractivity contribution in [2.75, 3.05) is 18.5 Å². The predicted molar refractivity (Wildman–Crippen MR) is 101 cm³/mol. The number of hydrogen-bond donors (Lipinski definition) is 2.